The van der Waals surface area contributed by atoms with Crippen molar-refractivity contribution < 1.29 is 0 Å². The maximum atomic E-state index is 5.90. The number of aryl methyl sites for hydroxylation is 2. The van der Waals surface area contributed by atoms with Crippen molar-refractivity contribution in [3.05, 3.63) is 34.6 Å². The third-order valence-corrected chi connectivity index (χ3v) is 2.80. The number of aromatic nitrogens is 2. The summed E-state index contributed by atoms with van der Waals surface area (Å²) in [5.41, 5.74) is 8.57. The number of nitrogens with two attached hydrogens (primary N) is 2. The van der Waals surface area contributed by atoms with Gasteiger partial charge in [-0.05, 0) is 31.5 Å². The van der Waals surface area contributed by atoms with Crippen LogP contribution in [0.4, 0.5) is 5.82 Å². The molecule has 2 aromatic rings. The van der Waals surface area contributed by atoms with Gasteiger partial charge in [0, 0.05) is 10.6 Å². The van der Waals surface area contributed by atoms with Crippen LogP contribution < -0.4 is 11.6 Å². The molecule has 0 radical (unpaired) electrons. The quantitative estimate of drug-likeness (QED) is 0.745. The van der Waals surface area contributed by atoms with E-state index < -0.39 is 0 Å². The first-order chi connectivity index (χ1) is 7.50. The second kappa shape index (κ2) is 3.72. The van der Waals surface area contributed by atoms with Crippen molar-refractivity contribution in [1.29, 1.82) is 0 Å². The number of benzene rings is 1. The van der Waals surface area contributed by atoms with Gasteiger partial charge in [0.1, 0.15) is 11.5 Å². The predicted octanol–water partition coefficient (Wildman–Crippen LogP) is 2.12. The molecule has 4 nitrogen and oxygen atoms in total. The molecule has 0 aliphatic heterocycles. The van der Waals surface area contributed by atoms with E-state index in [4.69, 9.17) is 23.2 Å². The lowest BCUT2D eigenvalue weighted by Gasteiger charge is -2.04. The number of halogens is 1. The SMILES string of the molecule is Cc1cc(Cl)ccc1-c1nc(C)n(N)c1N. The van der Waals surface area contributed by atoms with Gasteiger partial charge in [0.15, 0.2) is 5.82 Å². The van der Waals surface area contributed by atoms with Crippen LogP contribution in [0.3, 0.4) is 0 Å². The molecule has 1 aromatic carbocycles. The standard InChI is InChI=1S/C11H13ClN4/c1-6-5-8(12)3-4-9(6)10-11(13)16(14)7(2)15-10/h3-5H,13-14H2,1-2H3. The molecule has 1 heterocycles. The molecule has 0 aliphatic carbocycles. The van der Waals surface area contributed by atoms with E-state index in [1.165, 1.54) is 4.68 Å². The summed E-state index contributed by atoms with van der Waals surface area (Å²) in [4.78, 5) is 4.34. The fourth-order valence-corrected chi connectivity index (χ4v) is 1.88. The minimum atomic E-state index is 0.461. The van der Waals surface area contributed by atoms with Gasteiger partial charge in [-0.2, -0.15) is 0 Å². The van der Waals surface area contributed by atoms with Crippen LogP contribution in [0.1, 0.15) is 11.4 Å². The maximum absolute atomic E-state index is 5.90. The minimum absolute atomic E-state index is 0.461. The Labute approximate surface area is 98.8 Å². The van der Waals surface area contributed by atoms with Crippen LogP contribution >= 0.6 is 11.6 Å². The normalized spacial score (nSPS) is 10.7. The molecule has 0 atom stereocenters. The lowest BCUT2D eigenvalue weighted by atomic mass is 10.1. The van der Waals surface area contributed by atoms with Crippen molar-refractivity contribution in [2.45, 2.75) is 13.8 Å². The summed E-state index contributed by atoms with van der Waals surface area (Å²) in [6.07, 6.45) is 0. The zero-order valence-electron chi connectivity index (χ0n) is 9.16. The zero-order chi connectivity index (χ0) is 11.9. The Kier molecular flexibility index (Phi) is 2.52. The monoisotopic (exact) mass is 236 g/mol. The van der Waals surface area contributed by atoms with Gasteiger partial charge in [-0.25, -0.2) is 9.66 Å². The Hall–Kier alpha value is -1.68. The van der Waals surface area contributed by atoms with Gasteiger partial charge in [0.2, 0.25) is 0 Å². The van der Waals surface area contributed by atoms with E-state index in [0.29, 0.717) is 22.4 Å². The molecule has 0 spiro atoms. The Bertz CT molecular complexity index is 545. The lowest BCUT2D eigenvalue weighted by Crippen LogP contribution is -2.13. The van der Waals surface area contributed by atoms with Gasteiger partial charge in [0.25, 0.3) is 0 Å². The summed E-state index contributed by atoms with van der Waals surface area (Å²) in [7, 11) is 0. The zero-order valence-corrected chi connectivity index (χ0v) is 9.92. The van der Waals surface area contributed by atoms with E-state index in [1.807, 2.05) is 32.0 Å². The first-order valence-electron chi connectivity index (χ1n) is 4.87. The molecule has 0 saturated carbocycles. The van der Waals surface area contributed by atoms with Crippen LogP contribution in [0.25, 0.3) is 11.3 Å². The van der Waals surface area contributed by atoms with E-state index in [1.54, 1.807) is 0 Å². The fraction of sp³-hybridized carbons (Fsp3) is 0.182. The summed E-state index contributed by atoms with van der Waals surface area (Å²) in [5.74, 6) is 6.87. The van der Waals surface area contributed by atoms with Gasteiger partial charge in [-0.15, -0.1) is 0 Å². The molecule has 84 valence electrons. The fourth-order valence-electron chi connectivity index (χ4n) is 1.65. The molecule has 0 unspecified atom stereocenters. The third-order valence-electron chi connectivity index (χ3n) is 2.57. The van der Waals surface area contributed by atoms with Crippen molar-refractivity contribution in [2.75, 3.05) is 11.6 Å². The highest BCUT2D eigenvalue weighted by atomic mass is 35.5. The highest BCUT2D eigenvalue weighted by molar-refractivity contribution is 6.30. The van der Waals surface area contributed by atoms with Crippen molar-refractivity contribution in [3.63, 3.8) is 0 Å². The summed E-state index contributed by atoms with van der Waals surface area (Å²) in [5, 5.41) is 0.698. The summed E-state index contributed by atoms with van der Waals surface area (Å²) in [6.45, 7) is 3.77. The first kappa shape index (κ1) is 10.8. The molecule has 0 aliphatic rings. The Morgan fingerprint density at radius 2 is 2.00 bits per heavy atom. The van der Waals surface area contributed by atoms with Gasteiger partial charge in [0.05, 0.1) is 0 Å². The van der Waals surface area contributed by atoms with E-state index in [2.05, 4.69) is 4.98 Å². The van der Waals surface area contributed by atoms with Crippen LogP contribution in [-0.4, -0.2) is 9.66 Å². The summed E-state index contributed by atoms with van der Waals surface area (Å²) in [6, 6.07) is 5.59. The van der Waals surface area contributed by atoms with Crippen molar-refractivity contribution >= 4 is 17.4 Å². The average Bonchev–Trinajstić information content (AvgIpc) is 2.46. The van der Waals surface area contributed by atoms with Gasteiger partial charge >= 0.3 is 0 Å². The molecule has 4 N–H and O–H groups in total. The molecule has 0 amide bonds. The first-order valence-corrected chi connectivity index (χ1v) is 5.25. The molecule has 0 fully saturated rings. The summed E-state index contributed by atoms with van der Waals surface area (Å²) >= 11 is 5.90. The van der Waals surface area contributed by atoms with Crippen LogP contribution in [0, 0.1) is 13.8 Å². The molecule has 16 heavy (non-hydrogen) atoms. The van der Waals surface area contributed by atoms with E-state index in [-0.39, 0.29) is 0 Å². The van der Waals surface area contributed by atoms with Gasteiger partial charge in [-0.3, -0.25) is 0 Å². The van der Waals surface area contributed by atoms with Crippen LogP contribution in [0.5, 0.6) is 0 Å². The molecule has 5 heteroatoms. The van der Waals surface area contributed by atoms with Gasteiger partial charge < -0.3 is 11.6 Å². The summed E-state index contributed by atoms with van der Waals surface area (Å²) < 4.78 is 1.38. The largest absolute Gasteiger partial charge is 0.382 e. The Balaban J connectivity index is 2.63. The molecular weight excluding hydrogens is 224 g/mol. The second-order valence-electron chi connectivity index (χ2n) is 3.72. The minimum Gasteiger partial charge on any atom is -0.382 e. The number of rotatable bonds is 1. The number of anilines is 1. The van der Waals surface area contributed by atoms with E-state index in [0.717, 1.165) is 11.1 Å². The van der Waals surface area contributed by atoms with E-state index >= 15 is 0 Å². The van der Waals surface area contributed by atoms with Crippen molar-refractivity contribution in [2.24, 2.45) is 0 Å². The molecule has 2 rings (SSSR count). The third kappa shape index (κ3) is 1.61. The maximum Gasteiger partial charge on any atom is 0.150 e. The molecule has 1 aromatic heterocycles. The van der Waals surface area contributed by atoms with Gasteiger partial charge in [-0.1, -0.05) is 17.7 Å². The second-order valence-corrected chi connectivity index (χ2v) is 4.16. The average molecular weight is 237 g/mol. The Morgan fingerprint density at radius 3 is 2.50 bits per heavy atom. The number of nitrogen functional groups attached to an aromatic ring is 2. The molecular formula is C11H13ClN4. The van der Waals surface area contributed by atoms with Crippen LogP contribution in [-0.2, 0) is 0 Å². The van der Waals surface area contributed by atoms with Crippen molar-refractivity contribution in [3.8, 4) is 11.3 Å². The van der Waals surface area contributed by atoms with E-state index in [9.17, 15) is 0 Å². The number of imidazole rings is 1. The van der Waals surface area contributed by atoms with Crippen molar-refractivity contribution in [1.82, 2.24) is 9.66 Å². The van der Waals surface area contributed by atoms with Crippen LogP contribution in [0.15, 0.2) is 18.2 Å². The number of hydrogen-bond acceptors (Lipinski definition) is 3. The number of nitrogens with zero attached hydrogens (tertiary/aromatic N) is 2. The molecule has 0 saturated heterocycles. The smallest absolute Gasteiger partial charge is 0.150 e. The van der Waals surface area contributed by atoms with Crippen LogP contribution in [0.2, 0.25) is 5.02 Å². The number of hydrogen-bond donors (Lipinski definition) is 2. The lowest BCUT2D eigenvalue weighted by molar-refractivity contribution is 0.937. The highest BCUT2D eigenvalue weighted by Gasteiger charge is 2.13. The predicted molar refractivity (Wildman–Crippen MR) is 66.7 cm³/mol. The highest BCUT2D eigenvalue weighted by Crippen LogP contribution is 2.29. The topological polar surface area (TPSA) is 69.9 Å². The molecule has 0 bridgehead atoms. The Morgan fingerprint density at radius 1 is 1.31 bits per heavy atom.